The summed E-state index contributed by atoms with van der Waals surface area (Å²) in [5, 5.41) is 12.9. The molecule has 0 unspecified atom stereocenters. The lowest BCUT2D eigenvalue weighted by Gasteiger charge is -2.12. The van der Waals surface area contributed by atoms with E-state index in [2.05, 4.69) is 5.32 Å². The van der Waals surface area contributed by atoms with Crippen LogP contribution < -0.4 is 14.8 Å². The number of rotatable bonds is 9. The fourth-order valence-electron chi connectivity index (χ4n) is 3.35. The van der Waals surface area contributed by atoms with E-state index in [0.717, 1.165) is 22.2 Å². The summed E-state index contributed by atoms with van der Waals surface area (Å²) in [5.41, 5.74) is 1.98. The van der Waals surface area contributed by atoms with Gasteiger partial charge in [0.2, 0.25) is 5.91 Å². The van der Waals surface area contributed by atoms with Crippen molar-refractivity contribution in [3.05, 3.63) is 98.9 Å². The first kappa shape index (κ1) is 25.5. The number of nitro groups is 1. The molecule has 3 aromatic rings. The lowest BCUT2D eigenvalue weighted by molar-refractivity contribution is -0.384. The average Bonchev–Trinajstić information content (AvgIpc) is 3.16. The van der Waals surface area contributed by atoms with Crippen molar-refractivity contribution in [2.24, 2.45) is 0 Å². The number of benzene rings is 3. The van der Waals surface area contributed by atoms with Crippen molar-refractivity contribution in [2.75, 3.05) is 19.0 Å². The van der Waals surface area contributed by atoms with Gasteiger partial charge in [-0.2, -0.15) is 0 Å². The number of non-ortho nitro benzene ring substituents is 1. The van der Waals surface area contributed by atoms with Gasteiger partial charge in [-0.1, -0.05) is 12.1 Å². The van der Waals surface area contributed by atoms with Gasteiger partial charge >= 0.3 is 0 Å². The van der Waals surface area contributed by atoms with Gasteiger partial charge < -0.3 is 14.8 Å². The van der Waals surface area contributed by atoms with Crippen molar-refractivity contribution in [2.45, 2.75) is 6.61 Å². The SMILES string of the molecule is COc1ccc(NC(=O)CN2C(=O)S/C(=C/c3ccc(OCc4ccc([N+](=O)[O-])cc4)cc3)C2=O)cc1. The highest BCUT2D eigenvalue weighted by Gasteiger charge is 2.36. The van der Waals surface area contributed by atoms with Crippen LogP contribution in [-0.4, -0.2) is 40.5 Å². The van der Waals surface area contributed by atoms with Crippen LogP contribution in [0.15, 0.2) is 77.7 Å². The molecule has 0 spiro atoms. The van der Waals surface area contributed by atoms with Gasteiger partial charge in [-0.05, 0) is 77.5 Å². The summed E-state index contributed by atoms with van der Waals surface area (Å²) >= 11 is 0.768. The van der Waals surface area contributed by atoms with Crippen molar-refractivity contribution in [3.63, 3.8) is 0 Å². The zero-order valence-corrected chi connectivity index (χ0v) is 20.4. The number of ether oxygens (including phenoxy) is 2. The molecule has 10 nitrogen and oxygen atoms in total. The quantitative estimate of drug-likeness (QED) is 0.241. The lowest BCUT2D eigenvalue weighted by atomic mass is 10.2. The molecule has 1 N–H and O–H groups in total. The van der Waals surface area contributed by atoms with Crippen molar-refractivity contribution in [3.8, 4) is 11.5 Å². The summed E-state index contributed by atoms with van der Waals surface area (Å²) < 4.78 is 10.8. The molecule has 1 fully saturated rings. The minimum atomic E-state index is -0.543. The summed E-state index contributed by atoms with van der Waals surface area (Å²) in [6.07, 6.45) is 1.58. The number of nitro benzene ring substituents is 1. The van der Waals surface area contributed by atoms with Crippen LogP contribution in [0.5, 0.6) is 11.5 Å². The number of carbonyl (C=O) groups excluding carboxylic acids is 3. The number of hydrogen-bond acceptors (Lipinski definition) is 8. The van der Waals surface area contributed by atoms with E-state index in [4.69, 9.17) is 9.47 Å². The fraction of sp³-hybridized carbons (Fsp3) is 0.115. The van der Waals surface area contributed by atoms with Gasteiger partial charge in [0.15, 0.2) is 0 Å². The van der Waals surface area contributed by atoms with Crippen molar-refractivity contribution in [1.29, 1.82) is 0 Å². The van der Waals surface area contributed by atoms with E-state index in [9.17, 15) is 24.5 Å². The average molecular weight is 520 g/mol. The third-order valence-electron chi connectivity index (χ3n) is 5.28. The van der Waals surface area contributed by atoms with Gasteiger partial charge in [0, 0.05) is 17.8 Å². The van der Waals surface area contributed by atoms with Crippen molar-refractivity contribution in [1.82, 2.24) is 4.90 Å². The highest BCUT2D eigenvalue weighted by Crippen LogP contribution is 2.32. The van der Waals surface area contributed by atoms with Crippen LogP contribution in [0.4, 0.5) is 16.2 Å². The zero-order chi connectivity index (χ0) is 26.4. The van der Waals surface area contributed by atoms with Crippen molar-refractivity contribution < 1.29 is 28.8 Å². The molecule has 1 aliphatic rings. The second-order valence-electron chi connectivity index (χ2n) is 7.83. The molecule has 4 rings (SSSR count). The molecular formula is C26H21N3O7S. The lowest BCUT2D eigenvalue weighted by Crippen LogP contribution is -2.36. The van der Waals surface area contributed by atoms with Gasteiger partial charge in [0.1, 0.15) is 24.7 Å². The highest BCUT2D eigenvalue weighted by atomic mass is 32.2. The van der Waals surface area contributed by atoms with E-state index in [1.807, 2.05) is 0 Å². The summed E-state index contributed by atoms with van der Waals surface area (Å²) in [6.45, 7) is -0.168. The number of thioether (sulfide) groups is 1. The molecule has 0 atom stereocenters. The molecule has 0 aromatic heterocycles. The topological polar surface area (TPSA) is 128 Å². The largest absolute Gasteiger partial charge is 0.497 e. The van der Waals surface area contributed by atoms with Gasteiger partial charge in [0.25, 0.3) is 16.8 Å². The monoisotopic (exact) mass is 519 g/mol. The molecule has 3 amide bonds. The number of carbonyl (C=O) groups is 3. The maximum atomic E-state index is 12.7. The number of methoxy groups -OCH3 is 1. The van der Waals surface area contributed by atoms with E-state index in [0.29, 0.717) is 22.7 Å². The van der Waals surface area contributed by atoms with Crippen LogP contribution in [0.25, 0.3) is 6.08 Å². The van der Waals surface area contributed by atoms with E-state index in [1.165, 1.54) is 19.2 Å². The third kappa shape index (κ3) is 6.53. The molecule has 1 saturated heterocycles. The summed E-state index contributed by atoms with van der Waals surface area (Å²) in [4.78, 5) is 48.9. The van der Waals surface area contributed by atoms with Crippen LogP contribution in [0.2, 0.25) is 0 Å². The number of imide groups is 1. The molecular weight excluding hydrogens is 498 g/mol. The Morgan fingerprint density at radius 2 is 1.65 bits per heavy atom. The molecule has 0 bridgehead atoms. The minimum Gasteiger partial charge on any atom is -0.497 e. The van der Waals surface area contributed by atoms with Gasteiger partial charge in [-0.3, -0.25) is 29.4 Å². The fourth-order valence-corrected chi connectivity index (χ4v) is 4.19. The van der Waals surface area contributed by atoms with Crippen LogP contribution in [-0.2, 0) is 16.2 Å². The number of nitrogens with one attached hydrogen (secondary N) is 1. The maximum absolute atomic E-state index is 12.7. The number of anilines is 1. The maximum Gasteiger partial charge on any atom is 0.294 e. The normalized spacial score (nSPS) is 14.1. The molecule has 0 saturated carbocycles. The Kier molecular flexibility index (Phi) is 7.84. The Hall–Kier alpha value is -4.64. The summed E-state index contributed by atoms with van der Waals surface area (Å²) in [5.74, 6) is 0.165. The van der Waals surface area contributed by atoms with Gasteiger partial charge in [0.05, 0.1) is 16.9 Å². The van der Waals surface area contributed by atoms with Gasteiger partial charge in [-0.25, -0.2) is 0 Å². The molecule has 1 aliphatic heterocycles. The Morgan fingerprint density at radius 1 is 1.00 bits per heavy atom. The first-order valence-electron chi connectivity index (χ1n) is 11.0. The van der Waals surface area contributed by atoms with E-state index >= 15 is 0 Å². The second-order valence-corrected chi connectivity index (χ2v) is 8.82. The van der Waals surface area contributed by atoms with E-state index in [1.54, 1.807) is 66.7 Å². The standard InChI is InChI=1S/C26H21N3O7S/c1-35-21-12-6-19(7-13-21)27-24(30)15-28-25(31)23(37-26(28)32)14-17-4-10-22(11-5-17)36-16-18-2-8-20(9-3-18)29(33)34/h2-14H,15-16H2,1H3,(H,27,30)/b23-14+. The Labute approximate surface area is 216 Å². The number of amides is 3. The van der Waals surface area contributed by atoms with E-state index < -0.39 is 28.5 Å². The van der Waals surface area contributed by atoms with Crippen LogP contribution >= 0.6 is 11.8 Å². The summed E-state index contributed by atoms with van der Waals surface area (Å²) in [7, 11) is 1.54. The Bertz CT molecular complexity index is 1350. The predicted molar refractivity (Wildman–Crippen MR) is 138 cm³/mol. The Balaban J connectivity index is 1.33. The molecule has 37 heavy (non-hydrogen) atoms. The third-order valence-corrected chi connectivity index (χ3v) is 6.19. The first-order valence-corrected chi connectivity index (χ1v) is 11.8. The van der Waals surface area contributed by atoms with Crippen LogP contribution in [0.3, 0.4) is 0 Å². The molecule has 0 aliphatic carbocycles. The number of hydrogen-bond donors (Lipinski definition) is 1. The van der Waals surface area contributed by atoms with Gasteiger partial charge in [-0.15, -0.1) is 0 Å². The zero-order valence-electron chi connectivity index (χ0n) is 19.6. The van der Waals surface area contributed by atoms with Crippen LogP contribution in [0.1, 0.15) is 11.1 Å². The second kappa shape index (κ2) is 11.4. The van der Waals surface area contributed by atoms with E-state index in [-0.39, 0.29) is 17.2 Å². The minimum absolute atomic E-state index is 0.00962. The Morgan fingerprint density at radius 3 is 2.27 bits per heavy atom. The van der Waals surface area contributed by atoms with Crippen molar-refractivity contribution >= 4 is 46.3 Å². The number of nitrogens with zero attached hydrogens (tertiary/aromatic N) is 2. The smallest absolute Gasteiger partial charge is 0.294 e. The molecule has 188 valence electrons. The molecule has 1 heterocycles. The van der Waals surface area contributed by atoms with Crippen LogP contribution in [0, 0.1) is 10.1 Å². The molecule has 11 heteroatoms. The predicted octanol–water partition coefficient (Wildman–Crippen LogP) is 4.86. The summed E-state index contributed by atoms with van der Waals surface area (Å²) in [6, 6.07) is 19.6. The molecule has 3 aromatic carbocycles. The highest BCUT2D eigenvalue weighted by molar-refractivity contribution is 8.18. The molecule has 0 radical (unpaired) electrons. The first-order chi connectivity index (χ1) is 17.8.